The highest BCUT2D eigenvalue weighted by molar-refractivity contribution is 6.46. The first-order valence-electron chi connectivity index (χ1n) is 10.2. The van der Waals surface area contributed by atoms with Crippen molar-refractivity contribution in [3.63, 3.8) is 0 Å². The number of rotatable bonds is 9. The molecule has 3 rings (SSSR count). The molecular weight excluding hydrogens is 430 g/mol. The Hall–Kier alpha value is -4.01. The third-order valence-electron chi connectivity index (χ3n) is 5.42. The fourth-order valence-corrected chi connectivity index (χ4v) is 3.79. The number of carbonyl (C=O) groups is 3. The number of ketones is 1. The number of carboxylic acids is 1. The highest BCUT2D eigenvalue weighted by atomic mass is 16.5. The first kappa shape index (κ1) is 23.6. The van der Waals surface area contributed by atoms with Gasteiger partial charge in [-0.1, -0.05) is 6.07 Å². The van der Waals surface area contributed by atoms with Crippen LogP contribution in [0.5, 0.6) is 17.2 Å². The van der Waals surface area contributed by atoms with Crippen LogP contribution < -0.4 is 14.2 Å². The number of Topliss-reactive ketones (excluding diaryl/α,β-unsaturated/α-hetero) is 1. The lowest BCUT2D eigenvalue weighted by molar-refractivity contribution is -0.140. The molecule has 0 aliphatic carbocycles. The molecule has 1 aliphatic heterocycles. The van der Waals surface area contributed by atoms with Gasteiger partial charge in [-0.3, -0.25) is 14.4 Å². The minimum atomic E-state index is -1.01. The SMILES string of the molecule is COc1ccc(C(O)=C2C(=O)C(=O)N(CCCC(=O)O)[C@@H]2c2ccc(OC)c(OC)c2)cc1. The van der Waals surface area contributed by atoms with Gasteiger partial charge in [-0.15, -0.1) is 0 Å². The van der Waals surface area contributed by atoms with Gasteiger partial charge >= 0.3 is 5.97 Å². The van der Waals surface area contributed by atoms with Crippen LogP contribution in [-0.4, -0.2) is 60.6 Å². The molecule has 1 atom stereocenters. The van der Waals surface area contributed by atoms with Crippen LogP contribution in [0.2, 0.25) is 0 Å². The number of carbonyl (C=O) groups excluding carboxylic acids is 2. The molecule has 2 aromatic carbocycles. The van der Waals surface area contributed by atoms with Crippen LogP contribution in [0.15, 0.2) is 48.0 Å². The number of aliphatic hydroxyl groups is 1. The van der Waals surface area contributed by atoms with E-state index in [1.165, 1.54) is 26.2 Å². The van der Waals surface area contributed by atoms with Crippen molar-refractivity contribution in [2.24, 2.45) is 0 Å². The monoisotopic (exact) mass is 455 g/mol. The Morgan fingerprint density at radius 3 is 2.18 bits per heavy atom. The molecule has 1 fully saturated rings. The number of amides is 1. The van der Waals surface area contributed by atoms with Crippen molar-refractivity contribution in [3.8, 4) is 17.2 Å². The summed E-state index contributed by atoms with van der Waals surface area (Å²) in [7, 11) is 4.45. The second-order valence-corrected chi connectivity index (χ2v) is 7.33. The van der Waals surface area contributed by atoms with Crippen LogP contribution in [0.3, 0.4) is 0 Å². The van der Waals surface area contributed by atoms with Crippen LogP contribution in [0, 0.1) is 0 Å². The number of likely N-dealkylation sites (tertiary alicyclic amines) is 1. The van der Waals surface area contributed by atoms with E-state index in [1.54, 1.807) is 42.5 Å². The standard InChI is InChI=1S/C24H25NO8/c1-31-16-9-6-14(7-10-16)22(28)20-21(15-8-11-17(32-2)18(13-15)33-3)25(24(30)23(20)29)12-4-5-19(26)27/h6-11,13,21,28H,4-5,12H2,1-3H3,(H,26,27)/t21-/m1/s1. The lowest BCUT2D eigenvalue weighted by Gasteiger charge is -2.25. The van der Waals surface area contributed by atoms with Gasteiger partial charge in [0.25, 0.3) is 11.7 Å². The maximum atomic E-state index is 13.0. The second-order valence-electron chi connectivity index (χ2n) is 7.33. The van der Waals surface area contributed by atoms with E-state index >= 15 is 0 Å². The first-order valence-corrected chi connectivity index (χ1v) is 10.2. The maximum absolute atomic E-state index is 13.0. The topological polar surface area (TPSA) is 123 Å². The molecule has 1 amide bonds. The molecule has 2 N–H and O–H groups in total. The predicted molar refractivity (Wildman–Crippen MR) is 118 cm³/mol. The Kier molecular flexibility index (Phi) is 7.22. The van der Waals surface area contributed by atoms with Crippen molar-refractivity contribution in [2.45, 2.75) is 18.9 Å². The van der Waals surface area contributed by atoms with Crippen molar-refractivity contribution in [1.82, 2.24) is 4.90 Å². The number of carboxylic acid groups (broad SMARTS) is 1. The molecule has 9 nitrogen and oxygen atoms in total. The number of methoxy groups -OCH3 is 3. The van der Waals surface area contributed by atoms with Crippen LogP contribution in [0.25, 0.3) is 5.76 Å². The van der Waals surface area contributed by atoms with Gasteiger partial charge < -0.3 is 29.3 Å². The summed E-state index contributed by atoms with van der Waals surface area (Å²) in [6.07, 6.45) is -0.0190. The van der Waals surface area contributed by atoms with E-state index in [0.717, 1.165) is 0 Å². The van der Waals surface area contributed by atoms with Crippen molar-refractivity contribution in [3.05, 3.63) is 59.2 Å². The molecule has 0 aromatic heterocycles. The minimum Gasteiger partial charge on any atom is -0.507 e. The largest absolute Gasteiger partial charge is 0.507 e. The average molecular weight is 455 g/mol. The molecule has 33 heavy (non-hydrogen) atoms. The molecule has 0 spiro atoms. The van der Waals surface area contributed by atoms with E-state index < -0.39 is 23.7 Å². The highest BCUT2D eigenvalue weighted by Gasteiger charge is 2.46. The van der Waals surface area contributed by atoms with E-state index in [1.807, 2.05) is 0 Å². The molecule has 9 heteroatoms. The average Bonchev–Trinajstić information content (AvgIpc) is 3.08. The summed E-state index contributed by atoms with van der Waals surface area (Å²) in [5.41, 5.74) is 0.759. The predicted octanol–water partition coefficient (Wildman–Crippen LogP) is 3.00. The normalized spacial score (nSPS) is 17.2. The molecule has 0 bridgehead atoms. The fourth-order valence-electron chi connectivity index (χ4n) is 3.79. The molecule has 1 saturated heterocycles. The van der Waals surface area contributed by atoms with Gasteiger partial charge in [0.2, 0.25) is 0 Å². The van der Waals surface area contributed by atoms with Gasteiger partial charge in [-0.2, -0.15) is 0 Å². The van der Waals surface area contributed by atoms with E-state index in [0.29, 0.717) is 28.4 Å². The molecule has 1 heterocycles. The van der Waals surface area contributed by atoms with Gasteiger partial charge in [-0.05, 0) is 48.4 Å². The molecule has 0 saturated carbocycles. The summed E-state index contributed by atoms with van der Waals surface area (Å²) >= 11 is 0. The van der Waals surface area contributed by atoms with Crippen molar-refractivity contribution in [1.29, 1.82) is 0 Å². The zero-order valence-corrected chi connectivity index (χ0v) is 18.5. The van der Waals surface area contributed by atoms with Crippen molar-refractivity contribution >= 4 is 23.4 Å². The Labute approximate surface area is 190 Å². The zero-order chi connectivity index (χ0) is 24.1. The summed E-state index contributed by atoms with van der Waals surface area (Å²) in [6.45, 7) is 0.0231. The quantitative estimate of drug-likeness (QED) is 0.336. The molecule has 0 radical (unpaired) electrons. The number of ether oxygens (including phenoxy) is 3. The van der Waals surface area contributed by atoms with Gasteiger partial charge in [-0.25, -0.2) is 0 Å². The number of aliphatic hydroxyl groups excluding tert-OH is 1. The van der Waals surface area contributed by atoms with Gasteiger partial charge in [0.05, 0.1) is 32.9 Å². The fraction of sp³-hybridized carbons (Fsp3) is 0.292. The molecule has 2 aromatic rings. The molecule has 1 aliphatic rings. The van der Waals surface area contributed by atoms with Crippen LogP contribution >= 0.6 is 0 Å². The van der Waals surface area contributed by atoms with Crippen LogP contribution in [0.4, 0.5) is 0 Å². The van der Waals surface area contributed by atoms with E-state index in [4.69, 9.17) is 19.3 Å². The number of hydrogen-bond acceptors (Lipinski definition) is 7. The van der Waals surface area contributed by atoms with Crippen molar-refractivity contribution in [2.75, 3.05) is 27.9 Å². The third kappa shape index (κ3) is 4.77. The van der Waals surface area contributed by atoms with Crippen molar-refractivity contribution < 1.29 is 38.8 Å². The smallest absolute Gasteiger partial charge is 0.303 e. The van der Waals surface area contributed by atoms with E-state index in [2.05, 4.69) is 0 Å². The maximum Gasteiger partial charge on any atom is 0.303 e. The summed E-state index contributed by atoms with van der Waals surface area (Å²) < 4.78 is 15.8. The van der Waals surface area contributed by atoms with Gasteiger partial charge in [0.1, 0.15) is 11.5 Å². The summed E-state index contributed by atoms with van der Waals surface area (Å²) in [4.78, 5) is 38.2. The summed E-state index contributed by atoms with van der Waals surface area (Å²) in [6, 6.07) is 10.4. The second kappa shape index (κ2) is 10.1. The summed E-state index contributed by atoms with van der Waals surface area (Å²) in [5, 5.41) is 20.0. The Balaban J connectivity index is 2.13. The Bertz CT molecular complexity index is 1090. The van der Waals surface area contributed by atoms with Crippen LogP contribution in [-0.2, 0) is 14.4 Å². The first-order chi connectivity index (χ1) is 15.8. The lowest BCUT2D eigenvalue weighted by Crippen LogP contribution is -2.31. The number of hydrogen-bond donors (Lipinski definition) is 2. The Morgan fingerprint density at radius 2 is 1.61 bits per heavy atom. The third-order valence-corrected chi connectivity index (χ3v) is 5.42. The zero-order valence-electron chi connectivity index (χ0n) is 18.5. The number of aliphatic carboxylic acids is 1. The minimum absolute atomic E-state index is 0.0231. The van der Waals surface area contributed by atoms with E-state index in [9.17, 15) is 19.5 Å². The number of benzene rings is 2. The molecular formula is C24H25NO8. The molecule has 174 valence electrons. The van der Waals surface area contributed by atoms with Gasteiger partial charge in [0, 0.05) is 18.5 Å². The molecule has 0 unspecified atom stereocenters. The van der Waals surface area contributed by atoms with Crippen LogP contribution in [0.1, 0.15) is 30.0 Å². The highest BCUT2D eigenvalue weighted by Crippen LogP contribution is 2.42. The van der Waals surface area contributed by atoms with Gasteiger partial charge in [0.15, 0.2) is 11.5 Å². The van der Waals surface area contributed by atoms with E-state index in [-0.39, 0.29) is 30.7 Å². The lowest BCUT2D eigenvalue weighted by atomic mass is 9.95. The summed E-state index contributed by atoms with van der Waals surface area (Å²) in [5.74, 6) is -1.59. The Morgan fingerprint density at radius 1 is 0.939 bits per heavy atom. The number of nitrogens with zero attached hydrogens (tertiary/aromatic N) is 1.